The van der Waals surface area contributed by atoms with E-state index in [1.165, 1.54) is 0 Å². The van der Waals surface area contributed by atoms with Crippen LogP contribution in [-0.2, 0) is 4.74 Å². The highest BCUT2D eigenvalue weighted by atomic mass is 16.5. The Labute approximate surface area is 112 Å². The Balaban J connectivity index is 2.12. The van der Waals surface area contributed by atoms with Gasteiger partial charge in [0, 0.05) is 18.6 Å². The van der Waals surface area contributed by atoms with Gasteiger partial charge in [-0.25, -0.2) is 0 Å². The second-order valence-corrected chi connectivity index (χ2v) is 6.74. The fourth-order valence-electron chi connectivity index (χ4n) is 2.66. The third-order valence-electron chi connectivity index (χ3n) is 4.38. The van der Waals surface area contributed by atoms with Crippen molar-refractivity contribution in [2.45, 2.75) is 65.5 Å². The summed E-state index contributed by atoms with van der Waals surface area (Å²) in [6.07, 6.45) is 4.77. The number of hydrogen-bond acceptors (Lipinski definition) is 3. The molecule has 1 aliphatic carbocycles. The number of methoxy groups -OCH3 is 1. The fourth-order valence-corrected chi connectivity index (χ4v) is 2.66. The van der Waals surface area contributed by atoms with Gasteiger partial charge in [-0.1, -0.05) is 20.3 Å². The van der Waals surface area contributed by atoms with Crippen LogP contribution in [0.5, 0.6) is 0 Å². The summed E-state index contributed by atoms with van der Waals surface area (Å²) < 4.78 is 5.44. The van der Waals surface area contributed by atoms with Gasteiger partial charge >= 0.3 is 0 Å². The molecular weight excluding hydrogens is 224 g/mol. The van der Waals surface area contributed by atoms with E-state index in [1.807, 2.05) is 13.8 Å². The summed E-state index contributed by atoms with van der Waals surface area (Å²) in [6.45, 7) is 9.60. The van der Waals surface area contributed by atoms with Crippen LogP contribution in [0, 0.1) is 22.2 Å². The van der Waals surface area contributed by atoms with Gasteiger partial charge < -0.3 is 10.1 Å². The zero-order valence-corrected chi connectivity index (χ0v) is 12.5. The molecule has 18 heavy (non-hydrogen) atoms. The number of nitriles is 1. The van der Waals surface area contributed by atoms with Crippen molar-refractivity contribution in [1.82, 2.24) is 5.32 Å². The van der Waals surface area contributed by atoms with Crippen molar-refractivity contribution in [3.8, 4) is 6.07 Å². The summed E-state index contributed by atoms with van der Waals surface area (Å²) in [4.78, 5) is 0. The highest BCUT2D eigenvalue weighted by Gasteiger charge is 2.47. The molecular formula is C15H28N2O. The molecule has 0 saturated heterocycles. The third kappa shape index (κ3) is 3.70. The molecule has 1 N–H and O–H groups in total. The van der Waals surface area contributed by atoms with Gasteiger partial charge in [-0.05, 0) is 39.7 Å². The highest BCUT2D eigenvalue weighted by molar-refractivity contribution is 5.02. The lowest BCUT2D eigenvalue weighted by atomic mass is 9.64. The van der Waals surface area contributed by atoms with Crippen molar-refractivity contribution in [2.24, 2.45) is 10.8 Å². The van der Waals surface area contributed by atoms with E-state index in [9.17, 15) is 0 Å². The SMILES string of the molecule is COC1CC(NCCCCC(C)(C)C#N)C1(C)C. The largest absolute Gasteiger partial charge is 0.381 e. The molecule has 0 heterocycles. The minimum atomic E-state index is -0.170. The van der Waals surface area contributed by atoms with E-state index in [0.717, 1.165) is 32.2 Å². The lowest BCUT2D eigenvalue weighted by Crippen LogP contribution is -2.60. The standard InChI is InChI=1S/C15H28N2O/c1-14(2,11-16)8-6-7-9-17-12-10-13(18-5)15(12,3)4/h12-13,17H,6-10H2,1-5H3. The van der Waals surface area contributed by atoms with E-state index >= 15 is 0 Å². The van der Waals surface area contributed by atoms with Crippen molar-refractivity contribution in [3.05, 3.63) is 0 Å². The highest BCUT2D eigenvalue weighted by Crippen LogP contribution is 2.42. The smallest absolute Gasteiger partial charge is 0.0683 e. The lowest BCUT2D eigenvalue weighted by molar-refractivity contribution is -0.0973. The first kappa shape index (κ1) is 15.5. The molecule has 1 fully saturated rings. The first-order valence-electron chi connectivity index (χ1n) is 7.01. The molecule has 0 bridgehead atoms. The van der Waals surface area contributed by atoms with E-state index in [1.54, 1.807) is 7.11 Å². The maximum atomic E-state index is 8.93. The number of unbranched alkanes of at least 4 members (excludes halogenated alkanes) is 1. The molecule has 0 aromatic carbocycles. The quantitative estimate of drug-likeness (QED) is 0.708. The van der Waals surface area contributed by atoms with E-state index < -0.39 is 0 Å². The Kier molecular flexibility index (Phi) is 5.19. The number of rotatable bonds is 7. The summed E-state index contributed by atoms with van der Waals surface area (Å²) in [7, 11) is 1.80. The lowest BCUT2D eigenvalue weighted by Gasteiger charge is -2.51. The van der Waals surface area contributed by atoms with Gasteiger partial charge in [-0.2, -0.15) is 5.26 Å². The van der Waals surface area contributed by atoms with Crippen LogP contribution in [0.2, 0.25) is 0 Å². The first-order valence-corrected chi connectivity index (χ1v) is 7.01. The Morgan fingerprint density at radius 2 is 2.06 bits per heavy atom. The van der Waals surface area contributed by atoms with Crippen molar-refractivity contribution in [2.75, 3.05) is 13.7 Å². The van der Waals surface area contributed by atoms with Gasteiger partial charge in [0.05, 0.1) is 17.6 Å². The molecule has 0 aromatic heterocycles. The van der Waals surface area contributed by atoms with Crippen molar-refractivity contribution < 1.29 is 4.74 Å². The molecule has 1 saturated carbocycles. The van der Waals surface area contributed by atoms with Gasteiger partial charge in [0.15, 0.2) is 0 Å². The van der Waals surface area contributed by atoms with Crippen LogP contribution in [0.15, 0.2) is 0 Å². The number of hydrogen-bond donors (Lipinski definition) is 1. The zero-order chi connectivity index (χ0) is 13.8. The molecule has 104 valence electrons. The maximum Gasteiger partial charge on any atom is 0.0683 e. The Morgan fingerprint density at radius 3 is 2.56 bits per heavy atom. The minimum absolute atomic E-state index is 0.170. The molecule has 0 aromatic rings. The molecule has 3 nitrogen and oxygen atoms in total. The van der Waals surface area contributed by atoms with Gasteiger partial charge in [-0.15, -0.1) is 0 Å². The van der Waals surface area contributed by atoms with Gasteiger partial charge in [0.2, 0.25) is 0 Å². The van der Waals surface area contributed by atoms with Gasteiger partial charge in [0.1, 0.15) is 0 Å². The number of ether oxygens (including phenoxy) is 1. The molecule has 3 heteroatoms. The summed E-state index contributed by atoms with van der Waals surface area (Å²) in [5, 5.41) is 12.5. The van der Waals surface area contributed by atoms with Crippen LogP contribution in [0.3, 0.4) is 0 Å². The molecule has 0 radical (unpaired) electrons. The van der Waals surface area contributed by atoms with Crippen molar-refractivity contribution in [3.63, 3.8) is 0 Å². The summed E-state index contributed by atoms with van der Waals surface area (Å²) in [5.74, 6) is 0. The van der Waals surface area contributed by atoms with Crippen LogP contribution < -0.4 is 5.32 Å². The van der Waals surface area contributed by atoms with Crippen LogP contribution in [-0.4, -0.2) is 25.8 Å². The maximum absolute atomic E-state index is 8.93. The van der Waals surface area contributed by atoms with Crippen LogP contribution in [0.4, 0.5) is 0 Å². The number of nitrogens with zero attached hydrogens (tertiary/aromatic N) is 1. The predicted octanol–water partition coefficient (Wildman–Crippen LogP) is 3.11. The monoisotopic (exact) mass is 252 g/mol. The Bertz CT molecular complexity index is 304. The third-order valence-corrected chi connectivity index (χ3v) is 4.38. The molecule has 0 spiro atoms. The van der Waals surface area contributed by atoms with E-state index in [0.29, 0.717) is 12.1 Å². The normalized spacial score (nSPS) is 26.4. The summed E-state index contributed by atoms with van der Waals surface area (Å²) in [5.41, 5.74) is 0.0809. The van der Waals surface area contributed by atoms with E-state index in [-0.39, 0.29) is 10.8 Å². The van der Waals surface area contributed by atoms with Crippen LogP contribution in [0.1, 0.15) is 53.4 Å². The average Bonchev–Trinajstić information content (AvgIpc) is 2.31. The average molecular weight is 252 g/mol. The van der Waals surface area contributed by atoms with Crippen LogP contribution >= 0.6 is 0 Å². The second kappa shape index (κ2) is 6.04. The van der Waals surface area contributed by atoms with Crippen LogP contribution in [0.25, 0.3) is 0 Å². The van der Waals surface area contributed by atoms with Gasteiger partial charge in [-0.3, -0.25) is 0 Å². The summed E-state index contributed by atoms with van der Waals surface area (Å²) in [6, 6.07) is 2.93. The summed E-state index contributed by atoms with van der Waals surface area (Å²) >= 11 is 0. The van der Waals surface area contributed by atoms with Crippen molar-refractivity contribution >= 4 is 0 Å². The molecule has 2 unspecified atom stereocenters. The topological polar surface area (TPSA) is 45.0 Å². The second-order valence-electron chi connectivity index (χ2n) is 6.74. The Hall–Kier alpha value is -0.590. The predicted molar refractivity (Wildman–Crippen MR) is 74.2 cm³/mol. The minimum Gasteiger partial charge on any atom is -0.381 e. The first-order chi connectivity index (χ1) is 8.33. The van der Waals surface area contributed by atoms with Gasteiger partial charge in [0.25, 0.3) is 0 Å². The molecule has 1 aliphatic rings. The Morgan fingerprint density at radius 1 is 1.39 bits per heavy atom. The molecule has 1 rings (SSSR count). The molecule has 0 aliphatic heterocycles. The number of nitrogens with one attached hydrogen (secondary N) is 1. The molecule has 0 amide bonds. The zero-order valence-electron chi connectivity index (χ0n) is 12.5. The fraction of sp³-hybridized carbons (Fsp3) is 0.933. The van der Waals surface area contributed by atoms with E-state index in [2.05, 4.69) is 25.2 Å². The van der Waals surface area contributed by atoms with Crippen molar-refractivity contribution in [1.29, 1.82) is 5.26 Å². The van der Waals surface area contributed by atoms with E-state index in [4.69, 9.17) is 10.00 Å². The molecule has 2 atom stereocenters.